The second-order valence-corrected chi connectivity index (χ2v) is 4.27. The fraction of sp³-hybridized carbons (Fsp3) is 0.500. The van der Waals surface area contributed by atoms with Gasteiger partial charge in [-0.25, -0.2) is 8.78 Å². The SMILES string of the molecule is COc1cc(OC)c(F)c(C2(CN)CC2)c1F. The molecule has 1 aromatic rings. The van der Waals surface area contributed by atoms with Gasteiger partial charge in [0.05, 0.1) is 14.2 Å². The monoisotopic (exact) mass is 243 g/mol. The molecule has 0 aromatic heterocycles. The van der Waals surface area contributed by atoms with Crippen LogP contribution in [0.2, 0.25) is 0 Å². The van der Waals surface area contributed by atoms with E-state index in [-0.39, 0.29) is 23.6 Å². The van der Waals surface area contributed by atoms with Crippen molar-refractivity contribution in [3.8, 4) is 11.5 Å². The lowest BCUT2D eigenvalue weighted by molar-refractivity contribution is 0.348. The Labute approximate surface area is 98.5 Å². The maximum atomic E-state index is 14.1. The molecule has 5 heteroatoms. The Morgan fingerprint density at radius 2 is 1.65 bits per heavy atom. The van der Waals surface area contributed by atoms with Crippen molar-refractivity contribution in [1.29, 1.82) is 0 Å². The van der Waals surface area contributed by atoms with Crippen LogP contribution in [0.15, 0.2) is 6.07 Å². The first-order valence-electron chi connectivity index (χ1n) is 5.40. The van der Waals surface area contributed by atoms with E-state index in [1.807, 2.05) is 0 Å². The van der Waals surface area contributed by atoms with Crippen molar-refractivity contribution in [2.45, 2.75) is 18.3 Å². The molecule has 2 rings (SSSR count). The first-order chi connectivity index (χ1) is 8.09. The third-order valence-electron chi connectivity index (χ3n) is 3.35. The minimum atomic E-state index is -0.672. The lowest BCUT2D eigenvalue weighted by Gasteiger charge is -2.18. The number of hydrogen-bond donors (Lipinski definition) is 1. The topological polar surface area (TPSA) is 44.5 Å². The summed E-state index contributed by atoms with van der Waals surface area (Å²) in [5.41, 5.74) is 5.02. The number of nitrogens with two attached hydrogens (primary N) is 1. The van der Waals surface area contributed by atoms with E-state index in [2.05, 4.69) is 0 Å². The van der Waals surface area contributed by atoms with Crippen molar-refractivity contribution in [2.75, 3.05) is 20.8 Å². The van der Waals surface area contributed by atoms with E-state index < -0.39 is 17.0 Å². The average molecular weight is 243 g/mol. The molecule has 3 nitrogen and oxygen atoms in total. The van der Waals surface area contributed by atoms with Crippen molar-refractivity contribution in [1.82, 2.24) is 0 Å². The molecule has 2 N–H and O–H groups in total. The molecular formula is C12H15F2NO2. The average Bonchev–Trinajstić information content (AvgIpc) is 3.11. The van der Waals surface area contributed by atoms with E-state index in [4.69, 9.17) is 15.2 Å². The summed E-state index contributed by atoms with van der Waals surface area (Å²) in [6.45, 7) is 0.219. The minimum absolute atomic E-state index is 0.00352. The highest BCUT2D eigenvalue weighted by atomic mass is 19.1. The maximum Gasteiger partial charge on any atom is 0.172 e. The van der Waals surface area contributed by atoms with Crippen molar-refractivity contribution in [3.63, 3.8) is 0 Å². The molecular weight excluding hydrogens is 228 g/mol. The van der Waals surface area contributed by atoms with Crippen molar-refractivity contribution in [3.05, 3.63) is 23.3 Å². The van der Waals surface area contributed by atoms with E-state index in [1.54, 1.807) is 0 Å². The molecule has 1 fully saturated rings. The van der Waals surface area contributed by atoms with Gasteiger partial charge in [-0.05, 0) is 12.8 Å². The zero-order valence-electron chi connectivity index (χ0n) is 9.85. The molecule has 0 saturated heterocycles. The molecule has 0 spiro atoms. The molecule has 1 aliphatic carbocycles. The van der Waals surface area contributed by atoms with Gasteiger partial charge < -0.3 is 15.2 Å². The second-order valence-electron chi connectivity index (χ2n) is 4.27. The Morgan fingerprint density at radius 1 is 1.18 bits per heavy atom. The summed E-state index contributed by atoms with van der Waals surface area (Å²) in [6.07, 6.45) is 1.38. The Bertz CT molecular complexity index is 416. The predicted molar refractivity (Wildman–Crippen MR) is 59.4 cm³/mol. The van der Waals surface area contributed by atoms with Crippen LogP contribution in [0.5, 0.6) is 11.5 Å². The Balaban J connectivity index is 2.63. The van der Waals surface area contributed by atoms with Gasteiger partial charge >= 0.3 is 0 Å². The lowest BCUT2D eigenvalue weighted by Crippen LogP contribution is -2.23. The van der Waals surface area contributed by atoms with Crippen molar-refractivity contribution < 1.29 is 18.3 Å². The van der Waals surface area contributed by atoms with E-state index in [1.165, 1.54) is 20.3 Å². The summed E-state index contributed by atoms with van der Waals surface area (Å²) in [5.74, 6) is -1.38. The smallest absolute Gasteiger partial charge is 0.172 e. The molecule has 17 heavy (non-hydrogen) atoms. The highest BCUT2D eigenvalue weighted by Gasteiger charge is 2.48. The van der Waals surface area contributed by atoms with Gasteiger partial charge in [-0.15, -0.1) is 0 Å². The molecule has 1 aromatic carbocycles. The fourth-order valence-electron chi connectivity index (χ4n) is 2.06. The van der Waals surface area contributed by atoms with Crippen LogP contribution < -0.4 is 15.2 Å². The molecule has 1 aliphatic rings. The van der Waals surface area contributed by atoms with Crippen molar-refractivity contribution in [2.24, 2.45) is 5.73 Å². The van der Waals surface area contributed by atoms with Gasteiger partial charge in [0.15, 0.2) is 23.1 Å². The molecule has 0 radical (unpaired) electrons. The molecule has 94 valence electrons. The summed E-state index contributed by atoms with van der Waals surface area (Å²) in [7, 11) is 2.67. The molecule has 0 unspecified atom stereocenters. The van der Waals surface area contributed by atoms with Crippen LogP contribution in [-0.2, 0) is 5.41 Å². The second kappa shape index (κ2) is 4.14. The van der Waals surface area contributed by atoms with Crippen LogP contribution in [0.3, 0.4) is 0 Å². The predicted octanol–water partition coefficient (Wildman–Crippen LogP) is 1.97. The maximum absolute atomic E-state index is 14.1. The Hall–Kier alpha value is -1.36. The number of methoxy groups -OCH3 is 2. The van der Waals surface area contributed by atoms with Gasteiger partial charge in [0.2, 0.25) is 0 Å². The largest absolute Gasteiger partial charge is 0.494 e. The summed E-state index contributed by atoms with van der Waals surface area (Å²) in [5, 5.41) is 0. The van der Waals surface area contributed by atoms with Gasteiger partial charge in [-0.1, -0.05) is 0 Å². The lowest BCUT2D eigenvalue weighted by atomic mass is 9.94. The third kappa shape index (κ3) is 1.74. The van der Waals surface area contributed by atoms with E-state index in [9.17, 15) is 8.78 Å². The van der Waals surface area contributed by atoms with E-state index in [0.717, 1.165) is 0 Å². The number of ether oxygens (including phenoxy) is 2. The summed E-state index contributed by atoms with van der Waals surface area (Å²) < 4.78 is 38.0. The van der Waals surface area contributed by atoms with Gasteiger partial charge in [0.1, 0.15) is 0 Å². The number of halogens is 2. The van der Waals surface area contributed by atoms with Gasteiger partial charge in [-0.2, -0.15) is 0 Å². The van der Waals surface area contributed by atoms with Crippen LogP contribution in [0.4, 0.5) is 8.78 Å². The van der Waals surface area contributed by atoms with Crippen molar-refractivity contribution >= 4 is 0 Å². The highest BCUT2D eigenvalue weighted by Crippen LogP contribution is 2.51. The summed E-state index contributed by atoms with van der Waals surface area (Å²) in [6, 6.07) is 1.21. The number of rotatable bonds is 4. The molecule has 1 saturated carbocycles. The third-order valence-corrected chi connectivity index (χ3v) is 3.35. The summed E-state index contributed by atoms with van der Waals surface area (Å²) in [4.78, 5) is 0. The molecule has 0 amide bonds. The normalized spacial score (nSPS) is 16.8. The zero-order valence-corrected chi connectivity index (χ0v) is 9.85. The first-order valence-corrected chi connectivity index (χ1v) is 5.40. The molecule has 0 atom stereocenters. The van der Waals surface area contributed by atoms with Crippen LogP contribution in [0, 0.1) is 11.6 Å². The van der Waals surface area contributed by atoms with Gasteiger partial charge in [0, 0.05) is 23.6 Å². The number of benzene rings is 1. The first kappa shape index (κ1) is 12.1. The van der Waals surface area contributed by atoms with Crippen LogP contribution in [-0.4, -0.2) is 20.8 Å². The van der Waals surface area contributed by atoms with Crippen LogP contribution in [0.25, 0.3) is 0 Å². The van der Waals surface area contributed by atoms with E-state index >= 15 is 0 Å². The quantitative estimate of drug-likeness (QED) is 0.879. The van der Waals surface area contributed by atoms with Gasteiger partial charge in [0.25, 0.3) is 0 Å². The van der Waals surface area contributed by atoms with Crippen LogP contribution in [0.1, 0.15) is 18.4 Å². The molecule has 0 aliphatic heterocycles. The Kier molecular flexibility index (Phi) is 2.95. The summed E-state index contributed by atoms with van der Waals surface area (Å²) >= 11 is 0. The standard InChI is InChI=1S/C12H15F2NO2/c1-16-7-5-8(17-2)11(14)9(10(7)13)12(6-15)3-4-12/h5H,3-4,6,15H2,1-2H3. The minimum Gasteiger partial charge on any atom is -0.494 e. The number of hydrogen-bond acceptors (Lipinski definition) is 3. The highest BCUT2D eigenvalue weighted by molar-refractivity contribution is 5.47. The van der Waals surface area contributed by atoms with Gasteiger partial charge in [-0.3, -0.25) is 0 Å². The fourth-order valence-corrected chi connectivity index (χ4v) is 2.06. The molecule has 0 bridgehead atoms. The Morgan fingerprint density at radius 3 is 1.94 bits per heavy atom. The van der Waals surface area contributed by atoms with E-state index in [0.29, 0.717) is 12.8 Å². The zero-order chi connectivity index (χ0) is 12.6. The van der Waals surface area contributed by atoms with Crippen LogP contribution >= 0.6 is 0 Å². The molecule has 0 heterocycles.